The van der Waals surface area contributed by atoms with E-state index >= 15 is 0 Å². The number of benzene rings is 1. The number of rotatable bonds is 4. The van der Waals surface area contributed by atoms with Gasteiger partial charge in [-0.15, -0.1) is 0 Å². The van der Waals surface area contributed by atoms with Crippen molar-refractivity contribution in [2.45, 2.75) is 45.6 Å². The summed E-state index contributed by atoms with van der Waals surface area (Å²) in [7, 11) is 0. The molecule has 0 spiro atoms. The predicted molar refractivity (Wildman–Crippen MR) is 97.7 cm³/mol. The number of carbonyl (C=O) groups is 1. The Bertz CT molecular complexity index is 609. The van der Waals surface area contributed by atoms with Crippen molar-refractivity contribution >= 4 is 17.6 Å². The number of carbonyl (C=O) groups excluding carboxylic acids is 1. The summed E-state index contributed by atoms with van der Waals surface area (Å²) in [6, 6.07) is 7.90. The summed E-state index contributed by atoms with van der Waals surface area (Å²) in [5.41, 5.74) is 8.06. The van der Waals surface area contributed by atoms with Gasteiger partial charge >= 0.3 is 0 Å². The Morgan fingerprint density at radius 1 is 1.33 bits per heavy atom. The van der Waals surface area contributed by atoms with Gasteiger partial charge in [0.1, 0.15) is 0 Å². The number of piperidine rings is 1. The highest BCUT2D eigenvalue weighted by Gasteiger charge is 2.25. The van der Waals surface area contributed by atoms with Crippen LogP contribution in [-0.2, 0) is 11.3 Å². The topological polar surface area (TPSA) is 70.7 Å². The van der Waals surface area contributed by atoms with Crippen LogP contribution in [0, 0.1) is 11.8 Å². The number of hydrogen-bond acceptors (Lipinski definition) is 2. The summed E-state index contributed by atoms with van der Waals surface area (Å²) >= 11 is 0. The Morgan fingerprint density at radius 2 is 2.17 bits per heavy atom. The van der Waals surface area contributed by atoms with Gasteiger partial charge in [-0.25, -0.2) is 4.99 Å². The van der Waals surface area contributed by atoms with Gasteiger partial charge < -0.3 is 16.0 Å². The molecule has 1 saturated carbocycles. The number of nitrogens with two attached hydrogens (primary N) is 1. The number of nitrogens with one attached hydrogen (secondary N) is 1. The molecule has 1 amide bonds. The number of nitrogens with zero attached hydrogens (tertiary/aromatic N) is 2. The first-order chi connectivity index (χ1) is 11.6. The first-order valence-electron chi connectivity index (χ1n) is 9.06. The van der Waals surface area contributed by atoms with Crippen molar-refractivity contribution in [3.8, 4) is 0 Å². The van der Waals surface area contributed by atoms with E-state index in [1.165, 1.54) is 19.3 Å². The van der Waals surface area contributed by atoms with Crippen molar-refractivity contribution in [1.29, 1.82) is 0 Å². The van der Waals surface area contributed by atoms with E-state index in [4.69, 9.17) is 5.73 Å². The number of hydrogen-bond donors (Lipinski definition) is 2. The molecule has 3 rings (SSSR count). The molecular formula is C19H28N4O. The van der Waals surface area contributed by atoms with Crippen molar-refractivity contribution in [2.75, 3.05) is 18.4 Å². The normalized spacial score (nSPS) is 22.1. The fourth-order valence-electron chi connectivity index (χ4n) is 3.33. The van der Waals surface area contributed by atoms with Crippen LogP contribution in [-0.4, -0.2) is 29.9 Å². The van der Waals surface area contributed by atoms with Crippen LogP contribution in [0.4, 0.5) is 5.69 Å². The molecule has 24 heavy (non-hydrogen) atoms. The maximum absolute atomic E-state index is 12.0. The van der Waals surface area contributed by atoms with Gasteiger partial charge in [0.2, 0.25) is 5.91 Å². The quantitative estimate of drug-likeness (QED) is 0.659. The molecule has 0 bridgehead atoms. The molecule has 1 unspecified atom stereocenters. The van der Waals surface area contributed by atoms with Crippen LogP contribution < -0.4 is 11.1 Å². The summed E-state index contributed by atoms with van der Waals surface area (Å²) in [6.07, 6.45) is 5.65. The lowest BCUT2D eigenvalue weighted by Gasteiger charge is -2.31. The molecular weight excluding hydrogens is 300 g/mol. The van der Waals surface area contributed by atoms with Gasteiger partial charge in [0.05, 0.1) is 6.54 Å². The minimum atomic E-state index is 0.142. The maximum Gasteiger partial charge on any atom is 0.227 e. The minimum absolute atomic E-state index is 0.142. The van der Waals surface area contributed by atoms with Crippen molar-refractivity contribution in [2.24, 2.45) is 22.6 Å². The highest BCUT2D eigenvalue weighted by atomic mass is 16.1. The number of anilines is 1. The van der Waals surface area contributed by atoms with Crippen LogP contribution in [0.3, 0.4) is 0 Å². The van der Waals surface area contributed by atoms with Crippen LogP contribution in [0.15, 0.2) is 29.3 Å². The average molecular weight is 328 g/mol. The number of amides is 1. The van der Waals surface area contributed by atoms with E-state index in [9.17, 15) is 4.79 Å². The maximum atomic E-state index is 12.0. The van der Waals surface area contributed by atoms with Gasteiger partial charge in [0.25, 0.3) is 0 Å². The summed E-state index contributed by atoms with van der Waals surface area (Å²) in [5.74, 6) is 1.65. The molecule has 1 heterocycles. The molecule has 5 nitrogen and oxygen atoms in total. The lowest BCUT2D eigenvalue weighted by atomic mass is 9.85. The molecule has 1 aromatic rings. The summed E-state index contributed by atoms with van der Waals surface area (Å²) in [5, 5.41) is 3.01. The van der Waals surface area contributed by atoms with E-state index < -0.39 is 0 Å². The highest BCUT2D eigenvalue weighted by molar-refractivity contribution is 5.93. The van der Waals surface area contributed by atoms with E-state index in [-0.39, 0.29) is 11.8 Å². The molecule has 1 aromatic carbocycles. The smallest absolute Gasteiger partial charge is 0.227 e. The Hall–Kier alpha value is -2.04. The van der Waals surface area contributed by atoms with Gasteiger partial charge in [0, 0.05) is 24.7 Å². The molecule has 2 aliphatic rings. The predicted octanol–water partition coefficient (Wildman–Crippen LogP) is 2.97. The van der Waals surface area contributed by atoms with E-state index in [0.29, 0.717) is 18.4 Å². The Kier molecular flexibility index (Phi) is 5.38. The summed E-state index contributed by atoms with van der Waals surface area (Å²) in [4.78, 5) is 18.8. The monoisotopic (exact) mass is 328 g/mol. The number of likely N-dealkylation sites (tertiary alicyclic amines) is 1. The standard InChI is InChI=1S/C19H28N4O/c1-14-5-4-10-23(13-14)19(20)21-12-15-6-2-9-17(11-15)22-18(24)16-7-3-8-16/h2,6,9,11,14,16H,3-5,7-8,10,12-13H2,1H3,(H2,20,21)(H,22,24). The van der Waals surface area contributed by atoms with Crippen molar-refractivity contribution in [3.05, 3.63) is 29.8 Å². The van der Waals surface area contributed by atoms with Crippen molar-refractivity contribution < 1.29 is 4.79 Å². The first kappa shape index (κ1) is 16.8. The zero-order chi connectivity index (χ0) is 16.9. The van der Waals surface area contributed by atoms with E-state index in [1.54, 1.807) is 0 Å². The molecule has 5 heteroatoms. The van der Waals surface area contributed by atoms with E-state index in [0.717, 1.165) is 37.2 Å². The van der Waals surface area contributed by atoms with Gasteiger partial charge in [-0.2, -0.15) is 0 Å². The van der Waals surface area contributed by atoms with Crippen LogP contribution in [0.5, 0.6) is 0 Å². The third-order valence-corrected chi connectivity index (χ3v) is 5.08. The van der Waals surface area contributed by atoms with Gasteiger partial charge in [-0.3, -0.25) is 4.79 Å². The second-order valence-electron chi connectivity index (χ2n) is 7.19. The summed E-state index contributed by atoms with van der Waals surface area (Å²) in [6.45, 7) is 4.79. The molecule has 1 aliphatic heterocycles. The van der Waals surface area contributed by atoms with Crippen LogP contribution in [0.1, 0.15) is 44.6 Å². The average Bonchev–Trinajstić information content (AvgIpc) is 2.51. The molecule has 1 aliphatic carbocycles. The molecule has 0 aromatic heterocycles. The van der Waals surface area contributed by atoms with E-state index in [2.05, 4.69) is 22.1 Å². The third-order valence-electron chi connectivity index (χ3n) is 5.08. The van der Waals surface area contributed by atoms with Crippen LogP contribution >= 0.6 is 0 Å². The molecule has 3 N–H and O–H groups in total. The van der Waals surface area contributed by atoms with Crippen LogP contribution in [0.25, 0.3) is 0 Å². The molecule has 1 atom stereocenters. The zero-order valence-corrected chi connectivity index (χ0v) is 14.5. The molecule has 1 saturated heterocycles. The largest absolute Gasteiger partial charge is 0.370 e. The van der Waals surface area contributed by atoms with Crippen LogP contribution in [0.2, 0.25) is 0 Å². The molecule has 0 radical (unpaired) electrons. The fraction of sp³-hybridized carbons (Fsp3) is 0.579. The lowest BCUT2D eigenvalue weighted by molar-refractivity contribution is -0.122. The SMILES string of the molecule is CC1CCCN(C(N)=NCc2cccc(NC(=O)C3CCC3)c2)C1. The number of aliphatic imine (C=N–C) groups is 1. The van der Waals surface area contributed by atoms with Crippen molar-refractivity contribution in [1.82, 2.24) is 4.90 Å². The van der Waals surface area contributed by atoms with Gasteiger partial charge in [-0.1, -0.05) is 25.5 Å². The zero-order valence-electron chi connectivity index (χ0n) is 14.5. The number of guanidine groups is 1. The Labute approximate surface area is 144 Å². The fourth-order valence-corrected chi connectivity index (χ4v) is 3.33. The van der Waals surface area contributed by atoms with Gasteiger partial charge in [-0.05, 0) is 49.3 Å². The first-order valence-corrected chi connectivity index (χ1v) is 9.06. The Morgan fingerprint density at radius 3 is 2.88 bits per heavy atom. The second kappa shape index (κ2) is 7.69. The third kappa shape index (κ3) is 4.28. The second-order valence-corrected chi connectivity index (χ2v) is 7.19. The van der Waals surface area contributed by atoms with Gasteiger partial charge in [0.15, 0.2) is 5.96 Å². The lowest BCUT2D eigenvalue weighted by Crippen LogP contribution is -2.43. The highest BCUT2D eigenvalue weighted by Crippen LogP contribution is 2.27. The van der Waals surface area contributed by atoms with Crippen molar-refractivity contribution in [3.63, 3.8) is 0 Å². The summed E-state index contributed by atoms with van der Waals surface area (Å²) < 4.78 is 0. The Balaban J connectivity index is 1.57. The van der Waals surface area contributed by atoms with E-state index in [1.807, 2.05) is 24.3 Å². The molecule has 2 fully saturated rings. The minimum Gasteiger partial charge on any atom is -0.370 e. The molecule has 130 valence electrons.